The van der Waals surface area contributed by atoms with E-state index in [0.717, 1.165) is 38.5 Å². The molecule has 2 aliphatic heterocycles. The highest BCUT2D eigenvalue weighted by molar-refractivity contribution is 5.79. The lowest BCUT2D eigenvalue weighted by Gasteiger charge is -2.33. The topological polar surface area (TPSA) is 35.6 Å². The van der Waals surface area contributed by atoms with Crippen LogP contribution in [0.1, 0.15) is 37.3 Å². The van der Waals surface area contributed by atoms with Crippen molar-refractivity contribution in [1.82, 2.24) is 15.1 Å². The van der Waals surface area contributed by atoms with E-state index in [0.29, 0.717) is 19.0 Å². The fraction of sp³-hybridized carbons (Fsp3) is 0.632. The number of piperidine rings is 1. The molecular formula is C19H26F3N3O. The molecule has 144 valence electrons. The first-order valence-corrected chi connectivity index (χ1v) is 9.28. The van der Waals surface area contributed by atoms with Gasteiger partial charge in [-0.3, -0.25) is 4.79 Å². The zero-order valence-electron chi connectivity index (χ0n) is 15.1. The molecule has 2 heterocycles. The molecule has 0 aromatic heterocycles. The van der Waals surface area contributed by atoms with Gasteiger partial charge in [0.05, 0.1) is 5.56 Å². The Kier molecular flexibility index (Phi) is 5.87. The molecule has 4 nitrogen and oxygen atoms in total. The van der Waals surface area contributed by atoms with Gasteiger partial charge in [-0.25, -0.2) is 0 Å². The first-order valence-electron chi connectivity index (χ1n) is 9.28. The number of hydrogen-bond donors (Lipinski definition) is 1. The van der Waals surface area contributed by atoms with E-state index in [9.17, 15) is 18.0 Å². The summed E-state index contributed by atoms with van der Waals surface area (Å²) in [5, 5.41) is 3.54. The quantitative estimate of drug-likeness (QED) is 0.867. The first-order chi connectivity index (χ1) is 12.4. The van der Waals surface area contributed by atoms with Crippen molar-refractivity contribution in [2.24, 2.45) is 0 Å². The van der Waals surface area contributed by atoms with Gasteiger partial charge in [0, 0.05) is 31.6 Å². The van der Waals surface area contributed by atoms with E-state index in [1.54, 1.807) is 11.0 Å². The highest BCUT2D eigenvalue weighted by atomic mass is 19.4. The summed E-state index contributed by atoms with van der Waals surface area (Å²) < 4.78 is 39.4. The number of nitrogens with zero attached hydrogens (tertiary/aromatic N) is 2. The summed E-state index contributed by atoms with van der Waals surface area (Å²) in [6, 6.07) is 5.91. The number of carbonyl (C=O) groups excluding carboxylic acids is 1. The third-order valence-electron chi connectivity index (χ3n) is 5.40. The molecule has 1 amide bonds. The maximum absolute atomic E-state index is 13.1. The van der Waals surface area contributed by atoms with Crippen LogP contribution in [0.4, 0.5) is 13.2 Å². The minimum Gasteiger partial charge on any atom is -0.337 e. The Morgan fingerprint density at radius 1 is 1.15 bits per heavy atom. The van der Waals surface area contributed by atoms with Crippen molar-refractivity contribution >= 4 is 5.91 Å². The van der Waals surface area contributed by atoms with Crippen LogP contribution in [0.15, 0.2) is 24.3 Å². The largest absolute Gasteiger partial charge is 0.416 e. The second kappa shape index (κ2) is 7.96. The van der Waals surface area contributed by atoms with Gasteiger partial charge in [-0.15, -0.1) is 0 Å². The van der Waals surface area contributed by atoms with Crippen molar-refractivity contribution in [3.8, 4) is 0 Å². The van der Waals surface area contributed by atoms with E-state index < -0.39 is 11.7 Å². The fourth-order valence-electron chi connectivity index (χ4n) is 3.93. The van der Waals surface area contributed by atoms with Gasteiger partial charge < -0.3 is 15.1 Å². The predicted molar refractivity (Wildman–Crippen MR) is 93.5 cm³/mol. The molecule has 1 N–H and O–H groups in total. The van der Waals surface area contributed by atoms with Crippen LogP contribution >= 0.6 is 0 Å². The summed E-state index contributed by atoms with van der Waals surface area (Å²) in [5.41, 5.74) is -0.499. The van der Waals surface area contributed by atoms with Crippen LogP contribution in [0.2, 0.25) is 0 Å². The number of alkyl halides is 3. The maximum Gasteiger partial charge on any atom is 0.416 e. The Labute approximate surface area is 152 Å². The summed E-state index contributed by atoms with van der Waals surface area (Å²) in [7, 11) is 0. The Bertz CT molecular complexity index is 627. The minimum absolute atomic E-state index is 0.0149. The van der Waals surface area contributed by atoms with Gasteiger partial charge in [0.1, 0.15) is 0 Å². The molecule has 0 spiro atoms. The molecule has 1 atom stereocenters. The highest BCUT2D eigenvalue weighted by Crippen LogP contribution is 2.33. The van der Waals surface area contributed by atoms with Gasteiger partial charge >= 0.3 is 6.18 Å². The van der Waals surface area contributed by atoms with Crippen LogP contribution in [0.5, 0.6) is 0 Å². The standard InChI is InChI=1S/C19H26F3N3O/c1-2-24-9-7-15(8-10-24)23-16-11-18(26)25(13-16)12-14-5-3-4-6-17(14)19(20,21)22/h3-6,15-16,23H,2,7-13H2,1H3/t16-/m1/s1. The van der Waals surface area contributed by atoms with Gasteiger partial charge in [0.15, 0.2) is 0 Å². The average molecular weight is 369 g/mol. The van der Waals surface area contributed by atoms with E-state index in [4.69, 9.17) is 0 Å². The molecule has 26 heavy (non-hydrogen) atoms. The van der Waals surface area contributed by atoms with Crippen molar-refractivity contribution in [2.45, 2.75) is 51.0 Å². The van der Waals surface area contributed by atoms with Crippen molar-refractivity contribution in [3.63, 3.8) is 0 Å². The first kappa shape index (κ1) is 19.2. The minimum atomic E-state index is -4.40. The molecule has 2 aliphatic rings. The van der Waals surface area contributed by atoms with Crippen LogP contribution in [-0.2, 0) is 17.5 Å². The van der Waals surface area contributed by atoms with Crippen molar-refractivity contribution in [3.05, 3.63) is 35.4 Å². The molecule has 7 heteroatoms. The van der Waals surface area contributed by atoms with Gasteiger partial charge in [0.2, 0.25) is 5.91 Å². The summed E-state index contributed by atoms with van der Waals surface area (Å²) in [5.74, 6) is -0.0783. The van der Waals surface area contributed by atoms with Crippen LogP contribution in [0.3, 0.4) is 0 Å². The SMILES string of the molecule is CCN1CCC(N[C@@H]2CC(=O)N(Cc3ccccc3C(F)(F)F)C2)CC1. The van der Waals surface area contributed by atoms with Crippen LogP contribution < -0.4 is 5.32 Å². The van der Waals surface area contributed by atoms with Crippen LogP contribution in [0.25, 0.3) is 0 Å². The number of hydrogen-bond acceptors (Lipinski definition) is 3. The zero-order chi connectivity index (χ0) is 18.7. The summed E-state index contributed by atoms with van der Waals surface area (Å²) in [6.45, 7) is 5.80. The van der Waals surface area contributed by atoms with Crippen LogP contribution in [0, 0.1) is 0 Å². The number of carbonyl (C=O) groups is 1. The van der Waals surface area contributed by atoms with E-state index in [-0.39, 0.29) is 24.1 Å². The molecule has 0 bridgehead atoms. The normalized spacial score (nSPS) is 23.0. The average Bonchev–Trinajstić information content (AvgIpc) is 2.94. The molecule has 1 aromatic rings. The lowest BCUT2D eigenvalue weighted by Crippen LogP contribution is -2.46. The lowest BCUT2D eigenvalue weighted by molar-refractivity contribution is -0.139. The Hall–Kier alpha value is -1.60. The molecule has 0 unspecified atom stereocenters. The molecule has 2 saturated heterocycles. The Morgan fingerprint density at radius 3 is 2.50 bits per heavy atom. The molecule has 0 aliphatic carbocycles. The van der Waals surface area contributed by atoms with E-state index >= 15 is 0 Å². The fourth-order valence-corrected chi connectivity index (χ4v) is 3.93. The number of nitrogens with one attached hydrogen (secondary N) is 1. The number of benzene rings is 1. The third-order valence-corrected chi connectivity index (χ3v) is 5.40. The van der Waals surface area contributed by atoms with Gasteiger partial charge in [0.25, 0.3) is 0 Å². The van der Waals surface area contributed by atoms with Gasteiger partial charge in [-0.2, -0.15) is 13.2 Å². The summed E-state index contributed by atoms with van der Waals surface area (Å²) >= 11 is 0. The number of rotatable bonds is 5. The molecule has 3 rings (SSSR count). The van der Waals surface area contributed by atoms with E-state index in [2.05, 4.69) is 17.1 Å². The zero-order valence-corrected chi connectivity index (χ0v) is 15.1. The van der Waals surface area contributed by atoms with E-state index in [1.807, 2.05) is 0 Å². The third kappa shape index (κ3) is 4.57. The summed E-state index contributed by atoms with van der Waals surface area (Å²) in [6.07, 6.45) is -1.93. The number of halogens is 3. The monoisotopic (exact) mass is 369 g/mol. The van der Waals surface area contributed by atoms with Crippen LogP contribution in [-0.4, -0.2) is 54.0 Å². The van der Waals surface area contributed by atoms with Crippen molar-refractivity contribution in [1.29, 1.82) is 0 Å². The van der Waals surface area contributed by atoms with Crippen molar-refractivity contribution < 1.29 is 18.0 Å². The van der Waals surface area contributed by atoms with Crippen molar-refractivity contribution in [2.75, 3.05) is 26.2 Å². The Morgan fingerprint density at radius 2 is 1.85 bits per heavy atom. The molecule has 0 saturated carbocycles. The number of likely N-dealkylation sites (tertiary alicyclic amines) is 2. The van der Waals surface area contributed by atoms with E-state index in [1.165, 1.54) is 12.1 Å². The smallest absolute Gasteiger partial charge is 0.337 e. The molecule has 1 aromatic carbocycles. The lowest BCUT2D eigenvalue weighted by atomic mass is 10.0. The Balaban J connectivity index is 1.58. The van der Waals surface area contributed by atoms with Gasteiger partial charge in [-0.1, -0.05) is 25.1 Å². The molecular weight excluding hydrogens is 343 g/mol. The predicted octanol–water partition coefficient (Wildman–Crippen LogP) is 2.88. The molecule has 2 fully saturated rings. The summed E-state index contributed by atoms with van der Waals surface area (Å²) in [4.78, 5) is 16.2. The van der Waals surface area contributed by atoms with Gasteiger partial charge in [-0.05, 0) is 44.1 Å². The highest BCUT2D eigenvalue weighted by Gasteiger charge is 2.36. The molecule has 0 radical (unpaired) electrons. The second-order valence-corrected chi connectivity index (χ2v) is 7.21. The second-order valence-electron chi connectivity index (χ2n) is 7.21. The number of amides is 1. The maximum atomic E-state index is 13.1.